The fourth-order valence-corrected chi connectivity index (χ4v) is 2.64. The molecule has 0 aliphatic rings. The van der Waals surface area contributed by atoms with E-state index in [9.17, 15) is 9.90 Å². The molecule has 0 bridgehead atoms. The van der Waals surface area contributed by atoms with Gasteiger partial charge in [0.25, 0.3) is 0 Å². The summed E-state index contributed by atoms with van der Waals surface area (Å²) in [6.07, 6.45) is 0. The first kappa shape index (κ1) is 15.0. The summed E-state index contributed by atoms with van der Waals surface area (Å²) in [4.78, 5) is 11.3. The van der Waals surface area contributed by atoms with Crippen LogP contribution < -0.4 is 10.5 Å². The second-order valence-corrected chi connectivity index (χ2v) is 5.06. The Labute approximate surface area is 115 Å². The molecule has 0 saturated carbocycles. The average Bonchev–Trinajstić information content (AvgIpc) is 2.33. The highest BCUT2D eigenvalue weighted by Crippen LogP contribution is 2.39. The van der Waals surface area contributed by atoms with E-state index in [2.05, 4.69) is 15.9 Å². The molecular weight excluding hydrogens is 298 g/mol. The van der Waals surface area contributed by atoms with Gasteiger partial charge in [0.15, 0.2) is 0 Å². The first-order valence-electron chi connectivity index (χ1n) is 5.62. The highest BCUT2D eigenvalue weighted by Gasteiger charge is 2.27. The molecule has 0 saturated heterocycles. The lowest BCUT2D eigenvalue weighted by Gasteiger charge is -2.22. The van der Waals surface area contributed by atoms with Gasteiger partial charge in [0.2, 0.25) is 0 Å². The second kappa shape index (κ2) is 5.71. The van der Waals surface area contributed by atoms with Crippen molar-refractivity contribution < 1.29 is 14.6 Å². The topological polar surface area (TPSA) is 72.5 Å². The van der Waals surface area contributed by atoms with Crippen molar-refractivity contribution in [2.45, 2.75) is 26.7 Å². The van der Waals surface area contributed by atoms with Crippen molar-refractivity contribution in [1.29, 1.82) is 0 Å². The van der Waals surface area contributed by atoms with Crippen LogP contribution in [-0.4, -0.2) is 24.7 Å². The second-order valence-electron chi connectivity index (χ2n) is 4.26. The van der Waals surface area contributed by atoms with Gasteiger partial charge in [0.1, 0.15) is 5.75 Å². The number of carboxylic acid groups (broad SMARTS) is 1. The average molecular weight is 316 g/mol. The molecule has 1 unspecified atom stereocenters. The maximum atomic E-state index is 11.3. The van der Waals surface area contributed by atoms with Crippen molar-refractivity contribution in [3.05, 3.63) is 26.7 Å². The quantitative estimate of drug-likeness (QED) is 0.895. The summed E-state index contributed by atoms with van der Waals surface area (Å²) >= 11 is 3.50. The van der Waals surface area contributed by atoms with Gasteiger partial charge in [-0.3, -0.25) is 4.79 Å². The van der Waals surface area contributed by atoms with E-state index in [1.165, 1.54) is 0 Å². The van der Waals surface area contributed by atoms with Crippen LogP contribution in [0.1, 0.15) is 28.2 Å². The number of hydrogen-bond acceptors (Lipinski definition) is 3. The molecule has 100 valence electrons. The third-order valence-corrected chi connectivity index (χ3v) is 4.49. The van der Waals surface area contributed by atoms with Gasteiger partial charge in [-0.05, 0) is 37.5 Å². The number of ether oxygens (including phenoxy) is 1. The van der Waals surface area contributed by atoms with Gasteiger partial charge in [-0.15, -0.1) is 0 Å². The zero-order valence-corrected chi connectivity index (χ0v) is 12.6. The van der Waals surface area contributed by atoms with E-state index in [0.717, 1.165) is 21.2 Å². The molecule has 1 atom stereocenters. The number of hydrogen-bond donors (Lipinski definition) is 2. The normalized spacial score (nSPS) is 12.3. The first-order valence-corrected chi connectivity index (χ1v) is 6.42. The molecule has 4 nitrogen and oxygen atoms in total. The van der Waals surface area contributed by atoms with Crippen LogP contribution in [0.3, 0.4) is 0 Å². The number of aliphatic carboxylic acids is 1. The van der Waals surface area contributed by atoms with E-state index < -0.39 is 11.9 Å². The Kier molecular flexibility index (Phi) is 4.76. The zero-order chi connectivity index (χ0) is 14.0. The van der Waals surface area contributed by atoms with Gasteiger partial charge in [-0.2, -0.15) is 0 Å². The van der Waals surface area contributed by atoms with Crippen LogP contribution in [0.5, 0.6) is 5.75 Å². The number of benzene rings is 1. The Morgan fingerprint density at radius 1 is 1.33 bits per heavy atom. The van der Waals surface area contributed by atoms with Crippen molar-refractivity contribution in [1.82, 2.24) is 0 Å². The fraction of sp³-hybridized carbons (Fsp3) is 0.462. The molecule has 0 aromatic heterocycles. The van der Waals surface area contributed by atoms with Crippen LogP contribution in [0, 0.1) is 20.8 Å². The number of halogens is 1. The Balaban J connectivity index is 3.65. The van der Waals surface area contributed by atoms with Crippen molar-refractivity contribution in [3.63, 3.8) is 0 Å². The minimum Gasteiger partial charge on any atom is -0.496 e. The molecule has 0 spiro atoms. The first-order chi connectivity index (χ1) is 8.36. The molecule has 1 aromatic carbocycles. The number of rotatable bonds is 4. The van der Waals surface area contributed by atoms with E-state index in [1.807, 2.05) is 20.8 Å². The van der Waals surface area contributed by atoms with Gasteiger partial charge >= 0.3 is 5.97 Å². The van der Waals surface area contributed by atoms with Crippen molar-refractivity contribution >= 4 is 21.9 Å². The van der Waals surface area contributed by atoms with Gasteiger partial charge < -0.3 is 15.6 Å². The molecule has 5 heteroatoms. The summed E-state index contributed by atoms with van der Waals surface area (Å²) in [5, 5.41) is 9.27. The Morgan fingerprint density at radius 3 is 2.28 bits per heavy atom. The lowest BCUT2D eigenvalue weighted by Crippen LogP contribution is -2.23. The van der Waals surface area contributed by atoms with Crippen LogP contribution in [-0.2, 0) is 4.79 Å². The predicted octanol–water partition coefficient (Wildman–Crippen LogP) is 2.51. The molecule has 0 fully saturated rings. The van der Waals surface area contributed by atoms with E-state index in [0.29, 0.717) is 11.3 Å². The zero-order valence-electron chi connectivity index (χ0n) is 11.0. The summed E-state index contributed by atoms with van der Waals surface area (Å²) < 4.78 is 6.30. The fourth-order valence-electron chi connectivity index (χ4n) is 2.13. The van der Waals surface area contributed by atoms with Crippen molar-refractivity contribution in [2.75, 3.05) is 13.7 Å². The van der Waals surface area contributed by atoms with Crippen molar-refractivity contribution in [3.8, 4) is 5.75 Å². The molecule has 0 radical (unpaired) electrons. The molecular formula is C13H18BrNO3. The summed E-state index contributed by atoms with van der Waals surface area (Å²) in [6.45, 7) is 5.80. The SMILES string of the molecule is COc1c(C)c(C)c(Br)c(C)c1C(CN)C(=O)O. The Hall–Kier alpha value is -1.07. The van der Waals surface area contributed by atoms with Crippen molar-refractivity contribution in [2.24, 2.45) is 5.73 Å². The molecule has 0 aliphatic heterocycles. The monoisotopic (exact) mass is 315 g/mol. The van der Waals surface area contributed by atoms with Crippen LogP contribution in [0.25, 0.3) is 0 Å². The van der Waals surface area contributed by atoms with Crippen LogP contribution in [0.15, 0.2) is 4.47 Å². The summed E-state index contributed by atoms with van der Waals surface area (Å²) in [6, 6.07) is 0. The molecule has 0 amide bonds. The standard InChI is InChI=1S/C13H18BrNO3/c1-6-7(2)12(18-4)10(8(3)11(6)14)9(5-15)13(16)17/h9H,5,15H2,1-4H3,(H,16,17). The number of carboxylic acids is 1. The van der Waals surface area contributed by atoms with E-state index in [4.69, 9.17) is 10.5 Å². The predicted molar refractivity (Wildman–Crippen MR) is 74.3 cm³/mol. The minimum absolute atomic E-state index is 0.0431. The van der Waals surface area contributed by atoms with Crippen LogP contribution in [0.4, 0.5) is 0 Å². The lowest BCUT2D eigenvalue weighted by atomic mass is 9.90. The smallest absolute Gasteiger partial charge is 0.312 e. The van der Waals surface area contributed by atoms with E-state index in [-0.39, 0.29) is 6.54 Å². The molecule has 1 rings (SSSR count). The van der Waals surface area contributed by atoms with Gasteiger partial charge in [0, 0.05) is 16.6 Å². The maximum absolute atomic E-state index is 11.3. The highest BCUT2D eigenvalue weighted by molar-refractivity contribution is 9.10. The minimum atomic E-state index is -0.936. The van der Waals surface area contributed by atoms with Gasteiger partial charge in [-0.1, -0.05) is 15.9 Å². The maximum Gasteiger partial charge on any atom is 0.312 e. The van der Waals surface area contributed by atoms with Gasteiger partial charge in [0.05, 0.1) is 13.0 Å². The third-order valence-electron chi connectivity index (χ3n) is 3.30. The van der Waals surface area contributed by atoms with E-state index in [1.54, 1.807) is 7.11 Å². The summed E-state index contributed by atoms with van der Waals surface area (Å²) in [7, 11) is 1.55. The largest absolute Gasteiger partial charge is 0.496 e. The molecule has 0 heterocycles. The number of methoxy groups -OCH3 is 1. The number of carbonyl (C=O) groups is 1. The summed E-state index contributed by atoms with van der Waals surface area (Å²) in [5.74, 6) is -1.07. The Bertz CT molecular complexity index is 486. The Morgan fingerprint density at radius 2 is 1.89 bits per heavy atom. The van der Waals surface area contributed by atoms with E-state index >= 15 is 0 Å². The summed E-state index contributed by atoms with van der Waals surface area (Å²) in [5.41, 5.74) is 9.09. The molecule has 3 N–H and O–H groups in total. The molecule has 18 heavy (non-hydrogen) atoms. The third kappa shape index (κ3) is 2.37. The molecule has 1 aromatic rings. The van der Waals surface area contributed by atoms with Gasteiger partial charge in [-0.25, -0.2) is 0 Å². The number of nitrogens with two attached hydrogens (primary N) is 1. The highest BCUT2D eigenvalue weighted by atomic mass is 79.9. The molecule has 0 aliphatic carbocycles. The lowest BCUT2D eigenvalue weighted by molar-refractivity contribution is -0.138. The van der Waals surface area contributed by atoms with Crippen LogP contribution >= 0.6 is 15.9 Å². The van der Waals surface area contributed by atoms with Crippen LogP contribution in [0.2, 0.25) is 0 Å².